The molecule has 25 heavy (non-hydrogen) atoms. The van der Waals surface area contributed by atoms with E-state index in [4.69, 9.17) is 26.5 Å². The normalized spacial score (nSPS) is 20.0. The van der Waals surface area contributed by atoms with E-state index in [9.17, 15) is 5.11 Å². The fourth-order valence-corrected chi connectivity index (χ4v) is 2.25. The highest BCUT2D eigenvalue weighted by molar-refractivity contribution is 5.42. The molecular weight excluding hydrogens is 316 g/mol. The van der Waals surface area contributed by atoms with Crippen LogP contribution in [0.3, 0.4) is 0 Å². The first-order valence-electron chi connectivity index (χ1n) is 12.4. The molecule has 136 valence electrons. The largest absolute Gasteiger partial charge is 0.493 e. The maximum atomic E-state index is 10.3. The first kappa shape index (κ1) is 10.1. The Hall–Kier alpha value is -2.20. The number of methoxy groups -OCH3 is 2. The minimum absolute atomic E-state index is 0.0363. The van der Waals surface area contributed by atoms with Gasteiger partial charge in [0, 0.05) is 2.74 Å². The molecule has 0 aliphatic heterocycles. The number of ether oxygens (including phenoxy) is 3. The Morgan fingerprint density at radius 1 is 1.12 bits per heavy atom. The Kier molecular flexibility index (Phi) is 4.01. The van der Waals surface area contributed by atoms with Gasteiger partial charge in [-0.2, -0.15) is 0 Å². The minimum Gasteiger partial charge on any atom is -0.493 e. The van der Waals surface area contributed by atoms with Gasteiger partial charge in [0.05, 0.1) is 29.8 Å². The van der Waals surface area contributed by atoms with E-state index in [1.807, 2.05) is 13.0 Å². The van der Waals surface area contributed by atoms with Crippen molar-refractivity contribution in [3.8, 4) is 17.2 Å². The average molecular weight is 354 g/mol. The molecule has 0 heterocycles. The molecule has 0 saturated carbocycles. The van der Waals surface area contributed by atoms with Gasteiger partial charge in [-0.25, -0.2) is 0 Å². The molecule has 0 radical (unpaired) electrons. The number of benzene rings is 2. The number of hydrogen-bond donors (Lipinski definition) is 1. The van der Waals surface area contributed by atoms with Crippen molar-refractivity contribution in [2.75, 3.05) is 20.7 Å². The summed E-state index contributed by atoms with van der Waals surface area (Å²) in [5.41, 5.74) is 1.01. The molecule has 4 heteroatoms. The maximum absolute atomic E-state index is 10.3. The van der Waals surface area contributed by atoms with Crippen LogP contribution in [0.2, 0.25) is 0 Å². The van der Waals surface area contributed by atoms with E-state index in [0.717, 1.165) is 17.7 Å². The van der Waals surface area contributed by atoms with Crippen molar-refractivity contribution in [1.82, 2.24) is 0 Å². The van der Waals surface area contributed by atoms with Gasteiger partial charge in [0.2, 0.25) is 0 Å². The molecule has 4 nitrogen and oxygen atoms in total. The number of aryl methyl sites for hydroxylation is 2. The summed E-state index contributed by atoms with van der Waals surface area (Å²) in [5.74, 6) is -0.271. The average Bonchev–Trinajstić information content (AvgIpc) is 2.65. The van der Waals surface area contributed by atoms with Gasteiger partial charge in [0.25, 0.3) is 0 Å². The molecule has 0 saturated heterocycles. The van der Waals surface area contributed by atoms with Crippen molar-refractivity contribution in [3.05, 3.63) is 53.6 Å². The van der Waals surface area contributed by atoms with E-state index < -0.39 is 32.3 Å². The highest BCUT2D eigenvalue weighted by Gasteiger charge is 2.07. The van der Waals surface area contributed by atoms with Crippen LogP contribution < -0.4 is 14.2 Å². The second kappa shape index (κ2) is 9.94. The zero-order valence-corrected chi connectivity index (χ0v) is 14.0. The third-order valence-corrected chi connectivity index (χ3v) is 3.53. The van der Waals surface area contributed by atoms with Crippen LogP contribution in [0.1, 0.15) is 42.7 Å². The second-order valence-corrected chi connectivity index (χ2v) is 5.57. The SMILES string of the molecule is [2H]C(O)(CCCC([2H])([2H])c1ccc(OC([2H])([2H])[2H])c(OC([2H])([2H])[2H])c1)COc1cccc(C)c1. The summed E-state index contributed by atoms with van der Waals surface area (Å²) < 4.78 is 83.3. The van der Waals surface area contributed by atoms with E-state index in [-0.39, 0.29) is 37.2 Å². The lowest BCUT2D eigenvalue weighted by Gasteiger charge is -2.13. The quantitative estimate of drug-likeness (QED) is 0.696. The van der Waals surface area contributed by atoms with E-state index >= 15 is 0 Å². The first-order chi connectivity index (χ1) is 15.5. The monoisotopic (exact) mass is 353 g/mol. The summed E-state index contributed by atoms with van der Waals surface area (Å²) in [4.78, 5) is 0. The van der Waals surface area contributed by atoms with Crippen molar-refractivity contribution in [3.63, 3.8) is 0 Å². The van der Waals surface area contributed by atoms with Crippen LogP contribution in [0, 0.1) is 6.92 Å². The van der Waals surface area contributed by atoms with Gasteiger partial charge < -0.3 is 19.3 Å². The zero-order valence-electron chi connectivity index (χ0n) is 23.0. The fourth-order valence-electron chi connectivity index (χ4n) is 2.25. The Balaban J connectivity index is 2.05. The van der Waals surface area contributed by atoms with E-state index in [1.165, 1.54) is 6.07 Å². The third kappa shape index (κ3) is 6.31. The molecule has 2 aromatic rings. The standard InChI is InChI=1S/C21H28O4/c1-16-7-6-10-19(13-16)25-15-18(22)9-5-4-8-17-11-12-20(23-2)21(14-17)24-3/h6-7,10-14,18,22H,4-5,8-9,15H2,1-3H3/i2D3,3D3,8D2,18D. The molecule has 0 aliphatic carbocycles. The molecule has 0 aromatic heterocycles. The lowest BCUT2D eigenvalue weighted by Crippen LogP contribution is -2.17. The summed E-state index contributed by atoms with van der Waals surface area (Å²) in [6, 6.07) is 10.7. The van der Waals surface area contributed by atoms with Crippen LogP contribution >= 0.6 is 0 Å². The molecule has 1 N–H and O–H groups in total. The molecule has 0 aliphatic rings. The number of rotatable bonds is 10. The third-order valence-electron chi connectivity index (χ3n) is 3.53. The molecule has 2 rings (SSSR count). The molecule has 0 bridgehead atoms. The highest BCUT2D eigenvalue weighted by Crippen LogP contribution is 2.28. The van der Waals surface area contributed by atoms with Gasteiger partial charge in [-0.1, -0.05) is 24.6 Å². The molecule has 1 atom stereocenters. The van der Waals surface area contributed by atoms with Crippen molar-refractivity contribution in [1.29, 1.82) is 0 Å². The maximum Gasteiger partial charge on any atom is 0.160 e. The first-order valence-corrected chi connectivity index (χ1v) is 7.90. The van der Waals surface area contributed by atoms with Crippen LogP contribution in [0.4, 0.5) is 0 Å². The number of hydrogen-bond acceptors (Lipinski definition) is 4. The molecular formula is C21H28O4. The van der Waals surface area contributed by atoms with Gasteiger partial charge in [-0.05, 0) is 61.5 Å². The van der Waals surface area contributed by atoms with Gasteiger partial charge in [-0.15, -0.1) is 0 Å². The van der Waals surface area contributed by atoms with E-state index in [0.29, 0.717) is 5.75 Å². The van der Waals surface area contributed by atoms with Gasteiger partial charge in [0.15, 0.2) is 11.5 Å². The molecule has 2 aromatic carbocycles. The molecule has 1 unspecified atom stereocenters. The minimum atomic E-state index is -2.91. The molecule has 0 spiro atoms. The Labute approximate surface area is 163 Å². The highest BCUT2D eigenvalue weighted by atomic mass is 16.5. The van der Waals surface area contributed by atoms with Crippen LogP contribution in [-0.4, -0.2) is 31.9 Å². The summed E-state index contributed by atoms with van der Waals surface area (Å²) in [5, 5.41) is 10.3. The molecule has 0 fully saturated rings. The second-order valence-electron chi connectivity index (χ2n) is 5.57. The van der Waals surface area contributed by atoms with Gasteiger partial charge in [-0.3, -0.25) is 0 Å². The Bertz CT molecular complexity index is 956. The number of aliphatic hydroxyl groups is 1. The van der Waals surface area contributed by atoms with Gasteiger partial charge in [0.1, 0.15) is 12.4 Å². The van der Waals surface area contributed by atoms with E-state index in [2.05, 4.69) is 0 Å². The van der Waals surface area contributed by atoms with Crippen molar-refractivity contribution in [2.24, 2.45) is 0 Å². The summed E-state index contributed by atoms with van der Waals surface area (Å²) in [6.07, 6.45) is -3.98. The van der Waals surface area contributed by atoms with Crippen LogP contribution in [0.25, 0.3) is 0 Å². The predicted molar refractivity (Wildman–Crippen MR) is 99.8 cm³/mol. The molecule has 0 amide bonds. The van der Waals surface area contributed by atoms with Gasteiger partial charge >= 0.3 is 0 Å². The van der Waals surface area contributed by atoms with Crippen molar-refractivity contribution >= 4 is 0 Å². The van der Waals surface area contributed by atoms with Crippen molar-refractivity contribution in [2.45, 2.75) is 38.6 Å². The Morgan fingerprint density at radius 2 is 1.96 bits per heavy atom. The summed E-state index contributed by atoms with van der Waals surface area (Å²) >= 11 is 0. The van der Waals surface area contributed by atoms with E-state index in [1.54, 1.807) is 18.2 Å². The predicted octanol–water partition coefficient (Wildman–Crippen LogP) is 4.16. The summed E-state index contributed by atoms with van der Waals surface area (Å²) in [7, 11) is -5.76. The zero-order chi connectivity index (χ0) is 25.8. The summed E-state index contributed by atoms with van der Waals surface area (Å²) in [6.45, 7) is 1.59. The van der Waals surface area contributed by atoms with Crippen LogP contribution in [0.5, 0.6) is 17.2 Å². The van der Waals surface area contributed by atoms with Crippen LogP contribution in [0.15, 0.2) is 42.5 Å². The topological polar surface area (TPSA) is 47.9 Å². The Morgan fingerprint density at radius 3 is 2.76 bits per heavy atom. The smallest absolute Gasteiger partial charge is 0.160 e. The van der Waals surface area contributed by atoms with Crippen LogP contribution in [-0.2, 0) is 6.37 Å². The van der Waals surface area contributed by atoms with Crippen molar-refractivity contribution < 1.29 is 31.7 Å². The fraction of sp³-hybridized carbons (Fsp3) is 0.429. The lowest BCUT2D eigenvalue weighted by molar-refractivity contribution is 0.0976. The lowest BCUT2D eigenvalue weighted by atomic mass is 10.0.